The van der Waals surface area contributed by atoms with Crippen LogP contribution in [0, 0.1) is 10.1 Å². The molecule has 0 aliphatic heterocycles. The first-order valence-electron chi connectivity index (χ1n) is 7.82. The number of benzene rings is 1. The Morgan fingerprint density at radius 1 is 1.16 bits per heavy atom. The molecular formula is C17H18ClN3O4. The number of carbonyl (C=O) groups excluding carboxylic acids is 1. The number of unbranched alkanes of at least 4 members (excludes halogenated alkanes) is 1. The molecule has 1 amide bonds. The largest absolute Gasteiger partial charge is 0.356 e. The van der Waals surface area contributed by atoms with Crippen LogP contribution >= 0.6 is 11.6 Å². The lowest BCUT2D eigenvalue weighted by Gasteiger charge is -2.07. The molecular weight excluding hydrogens is 346 g/mol. The minimum Gasteiger partial charge on any atom is -0.356 e. The summed E-state index contributed by atoms with van der Waals surface area (Å²) in [5.74, 6) is -0.0881. The summed E-state index contributed by atoms with van der Waals surface area (Å²) >= 11 is 5.79. The maximum absolute atomic E-state index is 11.8. The Kier molecular flexibility index (Phi) is 6.71. The SMILES string of the molecule is O=C(Cc1ccc(Cl)cc1)NCCCCn1cc([N+](=O)[O-])ccc1=O. The second kappa shape index (κ2) is 8.98. The van der Waals surface area contributed by atoms with Crippen molar-refractivity contribution in [2.75, 3.05) is 6.54 Å². The van der Waals surface area contributed by atoms with E-state index in [1.807, 2.05) is 0 Å². The van der Waals surface area contributed by atoms with Crippen molar-refractivity contribution < 1.29 is 9.72 Å². The van der Waals surface area contributed by atoms with Gasteiger partial charge in [-0.05, 0) is 30.5 Å². The Hall–Kier alpha value is -2.67. The number of hydrogen-bond donors (Lipinski definition) is 1. The van der Waals surface area contributed by atoms with Crippen LogP contribution in [0.2, 0.25) is 5.02 Å². The first-order valence-corrected chi connectivity index (χ1v) is 8.19. The average Bonchev–Trinajstić information content (AvgIpc) is 2.58. The number of amides is 1. The highest BCUT2D eigenvalue weighted by Crippen LogP contribution is 2.10. The molecule has 0 radical (unpaired) electrons. The van der Waals surface area contributed by atoms with Crippen LogP contribution in [0.25, 0.3) is 0 Å². The number of nitro groups is 1. The number of aryl methyl sites for hydroxylation is 1. The van der Waals surface area contributed by atoms with E-state index in [4.69, 9.17) is 11.6 Å². The number of nitrogens with zero attached hydrogens (tertiary/aromatic N) is 2. The molecule has 1 N–H and O–H groups in total. The molecule has 0 saturated heterocycles. The van der Waals surface area contributed by atoms with Crippen LogP contribution in [0.3, 0.4) is 0 Å². The Balaban J connectivity index is 1.72. The van der Waals surface area contributed by atoms with Gasteiger partial charge >= 0.3 is 0 Å². The van der Waals surface area contributed by atoms with E-state index in [1.165, 1.54) is 22.9 Å². The van der Waals surface area contributed by atoms with Crippen molar-refractivity contribution in [3.8, 4) is 0 Å². The lowest BCUT2D eigenvalue weighted by atomic mass is 10.1. The van der Waals surface area contributed by atoms with E-state index in [-0.39, 0.29) is 23.6 Å². The fraction of sp³-hybridized carbons (Fsp3) is 0.294. The molecule has 0 fully saturated rings. The summed E-state index contributed by atoms with van der Waals surface area (Å²) in [4.78, 5) is 33.7. The quantitative estimate of drug-likeness (QED) is 0.443. The summed E-state index contributed by atoms with van der Waals surface area (Å²) in [7, 11) is 0. The average molecular weight is 364 g/mol. The van der Waals surface area contributed by atoms with Crippen LogP contribution < -0.4 is 10.9 Å². The molecule has 1 aromatic carbocycles. The van der Waals surface area contributed by atoms with Crippen LogP contribution in [0.4, 0.5) is 5.69 Å². The number of hydrogen-bond acceptors (Lipinski definition) is 4. The molecule has 2 aromatic rings. The lowest BCUT2D eigenvalue weighted by Crippen LogP contribution is -2.26. The second-order valence-corrected chi connectivity index (χ2v) is 5.97. The van der Waals surface area contributed by atoms with Crippen molar-refractivity contribution in [1.82, 2.24) is 9.88 Å². The van der Waals surface area contributed by atoms with E-state index < -0.39 is 4.92 Å². The number of carbonyl (C=O) groups is 1. The maximum atomic E-state index is 11.8. The molecule has 0 atom stereocenters. The lowest BCUT2D eigenvalue weighted by molar-refractivity contribution is -0.385. The van der Waals surface area contributed by atoms with Gasteiger partial charge in [0.2, 0.25) is 5.91 Å². The van der Waals surface area contributed by atoms with Gasteiger partial charge in [0, 0.05) is 30.2 Å². The molecule has 8 heteroatoms. The van der Waals surface area contributed by atoms with Crippen LogP contribution in [0.5, 0.6) is 0 Å². The molecule has 0 saturated carbocycles. The second-order valence-electron chi connectivity index (χ2n) is 5.54. The van der Waals surface area contributed by atoms with E-state index in [9.17, 15) is 19.7 Å². The van der Waals surface area contributed by atoms with Crippen LogP contribution in [0.1, 0.15) is 18.4 Å². The van der Waals surface area contributed by atoms with E-state index in [1.54, 1.807) is 24.3 Å². The zero-order chi connectivity index (χ0) is 18.2. The minimum absolute atomic E-state index is 0.0881. The molecule has 0 unspecified atom stereocenters. The Labute approximate surface area is 149 Å². The van der Waals surface area contributed by atoms with Gasteiger partial charge in [0.25, 0.3) is 11.2 Å². The van der Waals surface area contributed by atoms with Crippen molar-refractivity contribution in [2.24, 2.45) is 0 Å². The van der Waals surface area contributed by atoms with Crippen molar-refractivity contribution >= 4 is 23.2 Å². The fourth-order valence-electron chi connectivity index (χ4n) is 2.29. The third-order valence-electron chi connectivity index (χ3n) is 3.60. The van der Waals surface area contributed by atoms with Crippen molar-refractivity contribution in [2.45, 2.75) is 25.8 Å². The number of rotatable bonds is 8. The summed E-state index contributed by atoms with van der Waals surface area (Å²) in [6.07, 6.45) is 2.81. The summed E-state index contributed by atoms with van der Waals surface area (Å²) in [6, 6.07) is 9.46. The Morgan fingerprint density at radius 2 is 1.88 bits per heavy atom. The molecule has 132 valence electrons. The molecule has 1 heterocycles. The highest BCUT2D eigenvalue weighted by Gasteiger charge is 2.07. The third-order valence-corrected chi connectivity index (χ3v) is 3.86. The molecule has 0 bridgehead atoms. The monoisotopic (exact) mass is 363 g/mol. The molecule has 0 aliphatic carbocycles. The predicted octanol–water partition coefficient (Wildman–Crippen LogP) is 2.55. The molecule has 0 spiro atoms. The topological polar surface area (TPSA) is 94.2 Å². The van der Waals surface area contributed by atoms with Crippen LogP contribution in [-0.4, -0.2) is 21.9 Å². The Bertz CT molecular complexity index is 802. The zero-order valence-corrected chi connectivity index (χ0v) is 14.2. The van der Waals surface area contributed by atoms with Crippen molar-refractivity contribution in [3.63, 3.8) is 0 Å². The first-order chi connectivity index (χ1) is 12.0. The zero-order valence-electron chi connectivity index (χ0n) is 13.5. The predicted molar refractivity (Wildman–Crippen MR) is 94.8 cm³/mol. The van der Waals surface area contributed by atoms with Gasteiger partial charge in [0.1, 0.15) is 0 Å². The van der Waals surface area contributed by atoms with Crippen LogP contribution in [0.15, 0.2) is 47.4 Å². The number of aromatic nitrogens is 1. The number of nitrogens with one attached hydrogen (secondary N) is 1. The van der Waals surface area contributed by atoms with Gasteiger partial charge in [0.15, 0.2) is 0 Å². The van der Waals surface area contributed by atoms with Gasteiger partial charge in [-0.25, -0.2) is 0 Å². The van der Waals surface area contributed by atoms with Gasteiger partial charge < -0.3 is 9.88 Å². The van der Waals surface area contributed by atoms with E-state index in [2.05, 4.69) is 5.32 Å². The summed E-state index contributed by atoms with van der Waals surface area (Å²) in [5.41, 5.74) is 0.485. The van der Waals surface area contributed by atoms with Gasteiger partial charge in [-0.1, -0.05) is 23.7 Å². The highest BCUT2D eigenvalue weighted by atomic mass is 35.5. The Morgan fingerprint density at radius 3 is 2.56 bits per heavy atom. The smallest absolute Gasteiger partial charge is 0.285 e. The summed E-state index contributed by atoms with van der Waals surface area (Å²) in [6.45, 7) is 0.851. The third kappa shape index (κ3) is 6.04. The molecule has 1 aromatic heterocycles. The van der Waals surface area contributed by atoms with Gasteiger partial charge in [-0.3, -0.25) is 19.7 Å². The van der Waals surface area contributed by atoms with Gasteiger partial charge in [-0.15, -0.1) is 0 Å². The molecule has 7 nitrogen and oxygen atoms in total. The number of pyridine rings is 1. The molecule has 25 heavy (non-hydrogen) atoms. The molecule has 2 rings (SSSR count). The maximum Gasteiger partial charge on any atom is 0.285 e. The fourth-order valence-corrected chi connectivity index (χ4v) is 2.41. The van der Waals surface area contributed by atoms with Crippen molar-refractivity contribution in [1.29, 1.82) is 0 Å². The van der Waals surface area contributed by atoms with E-state index in [0.717, 1.165) is 5.56 Å². The summed E-state index contributed by atoms with van der Waals surface area (Å²) in [5, 5.41) is 14.2. The minimum atomic E-state index is -0.535. The highest BCUT2D eigenvalue weighted by molar-refractivity contribution is 6.30. The van der Waals surface area contributed by atoms with Crippen molar-refractivity contribution in [3.05, 3.63) is 73.6 Å². The molecule has 0 aliphatic rings. The number of halogens is 1. The summed E-state index contributed by atoms with van der Waals surface area (Å²) < 4.78 is 1.31. The van der Waals surface area contributed by atoms with Crippen LogP contribution in [-0.2, 0) is 17.8 Å². The van der Waals surface area contributed by atoms with Gasteiger partial charge in [0.05, 0.1) is 17.5 Å². The van der Waals surface area contributed by atoms with Gasteiger partial charge in [-0.2, -0.15) is 0 Å². The first kappa shape index (κ1) is 18.7. The normalized spacial score (nSPS) is 10.4. The van der Waals surface area contributed by atoms with E-state index >= 15 is 0 Å². The standard InChI is InChI=1S/C17H18ClN3O4/c18-14-5-3-13(4-6-14)11-16(22)19-9-1-2-10-20-12-15(21(24)25)7-8-17(20)23/h3-8,12H,1-2,9-11H2,(H,19,22). The van der Waals surface area contributed by atoms with E-state index in [0.29, 0.717) is 31.0 Å².